The lowest BCUT2D eigenvalue weighted by Gasteiger charge is -2.14. The van der Waals surface area contributed by atoms with Gasteiger partial charge in [-0.25, -0.2) is 13.9 Å². The number of carbonyl (C=O) groups is 2. The van der Waals surface area contributed by atoms with Crippen molar-refractivity contribution in [2.45, 2.75) is 52.0 Å². The van der Waals surface area contributed by atoms with Gasteiger partial charge in [0, 0.05) is 59.9 Å². The van der Waals surface area contributed by atoms with Crippen LogP contribution in [-0.2, 0) is 11.2 Å². The number of amides is 2. The lowest BCUT2D eigenvalue weighted by atomic mass is 10.1. The predicted molar refractivity (Wildman–Crippen MR) is 118 cm³/mol. The van der Waals surface area contributed by atoms with E-state index in [0.29, 0.717) is 42.0 Å². The number of hydrogen-bond acceptors (Lipinski definition) is 6. The van der Waals surface area contributed by atoms with Gasteiger partial charge in [-0.2, -0.15) is 0 Å². The van der Waals surface area contributed by atoms with E-state index in [0.717, 1.165) is 12.1 Å². The molecule has 1 aliphatic heterocycles. The molecular formula is C21H26N6O3S. The molecule has 1 atom stereocenters. The van der Waals surface area contributed by atoms with E-state index in [9.17, 15) is 14.4 Å². The maximum absolute atomic E-state index is 13.0. The number of aromatic amines is 1. The number of likely N-dealkylation sites (tertiary alicyclic amines) is 1. The minimum absolute atomic E-state index is 0.0135. The first-order valence-corrected chi connectivity index (χ1v) is 11.3. The van der Waals surface area contributed by atoms with Crippen molar-refractivity contribution in [3.05, 3.63) is 50.5 Å². The molecule has 3 aromatic rings. The highest BCUT2D eigenvalue weighted by Crippen LogP contribution is 2.28. The first-order chi connectivity index (χ1) is 14.8. The molecule has 1 aliphatic rings. The van der Waals surface area contributed by atoms with E-state index in [1.807, 2.05) is 24.8 Å². The highest BCUT2D eigenvalue weighted by atomic mass is 32.1. The summed E-state index contributed by atoms with van der Waals surface area (Å²) < 4.78 is 5.45. The van der Waals surface area contributed by atoms with Crippen LogP contribution in [0.1, 0.15) is 59.9 Å². The molecule has 1 saturated heterocycles. The van der Waals surface area contributed by atoms with Gasteiger partial charge in [-0.3, -0.25) is 19.5 Å². The maximum Gasteiger partial charge on any atom is 0.276 e. The van der Waals surface area contributed by atoms with E-state index < -0.39 is 0 Å². The van der Waals surface area contributed by atoms with Gasteiger partial charge >= 0.3 is 0 Å². The van der Waals surface area contributed by atoms with Gasteiger partial charge in [0.05, 0.1) is 11.8 Å². The molecular weight excluding hydrogens is 416 g/mol. The Balaban J connectivity index is 1.52. The van der Waals surface area contributed by atoms with Gasteiger partial charge in [0.2, 0.25) is 5.91 Å². The van der Waals surface area contributed by atoms with Crippen molar-refractivity contribution >= 4 is 29.0 Å². The fourth-order valence-electron chi connectivity index (χ4n) is 4.01. The first kappa shape index (κ1) is 21.2. The molecule has 164 valence electrons. The number of hydrogen-bond donors (Lipinski definition) is 2. The van der Waals surface area contributed by atoms with E-state index in [2.05, 4.69) is 19.8 Å². The Morgan fingerprint density at radius 2 is 2.19 bits per heavy atom. The van der Waals surface area contributed by atoms with Crippen LogP contribution in [0.15, 0.2) is 22.4 Å². The second kappa shape index (κ2) is 8.62. The third kappa shape index (κ3) is 4.39. The zero-order valence-electron chi connectivity index (χ0n) is 17.8. The molecule has 0 saturated carbocycles. The van der Waals surface area contributed by atoms with Crippen molar-refractivity contribution < 1.29 is 9.59 Å². The number of nitrogens with zero attached hydrogens (tertiary/aromatic N) is 4. The molecule has 2 N–H and O–H groups in total. The van der Waals surface area contributed by atoms with Crippen LogP contribution >= 0.6 is 11.5 Å². The van der Waals surface area contributed by atoms with Crippen molar-refractivity contribution in [3.63, 3.8) is 0 Å². The largest absolute Gasteiger partial charge is 0.354 e. The van der Waals surface area contributed by atoms with Gasteiger partial charge in [-0.15, -0.1) is 0 Å². The van der Waals surface area contributed by atoms with Gasteiger partial charge < -0.3 is 10.2 Å². The number of carbonyl (C=O) groups excluding carboxylic acids is 2. The molecule has 0 bridgehead atoms. The molecule has 0 aromatic carbocycles. The van der Waals surface area contributed by atoms with E-state index >= 15 is 0 Å². The van der Waals surface area contributed by atoms with Gasteiger partial charge in [-0.05, 0) is 45.1 Å². The van der Waals surface area contributed by atoms with E-state index in [4.69, 9.17) is 0 Å². The summed E-state index contributed by atoms with van der Waals surface area (Å²) in [6.07, 6.45) is 2.99. The van der Waals surface area contributed by atoms with Crippen molar-refractivity contribution in [1.29, 1.82) is 0 Å². The Morgan fingerprint density at radius 3 is 2.90 bits per heavy atom. The summed E-state index contributed by atoms with van der Waals surface area (Å²) >= 11 is 1.26. The molecule has 4 rings (SSSR count). The Labute approximate surface area is 183 Å². The second-order valence-corrected chi connectivity index (χ2v) is 8.92. The molecule has 0 unspecified atom stereocenters. The quantitative estimate of drug-likeness (QED) is 0.605. The van der Waals surface area contributed by atoms with Crippen LogP contribution in [0.4, 0.5) is 0 Å². The zero-order chi connectivity index (χ0) is 22.1. The van der Waals surface area contributed by atoms with E-state index in [1.165, 1.54) is 16.0 Å². The molecule has 3 aromatic heterocycles. The topological polar surface area (TPSA) is 112 Å². The number of fused-ring (bicyclic) bond motifs is 1. The average Bonchev–Trinajstić information content (AvgIpc) is 3.46. The molecule has 2 amide bonds. The van der Waals surface area contributed by atoms with Gasteiger partial charge in [0.1, 0.15) is 0 Å². The summed E-state index contributed by atoms with van der Waals surface area (Å²) in [7, 11) is 0. The molecule has 31 heavy (non-hydrogen) atoms. The Bertz CT molecular complexity index is 1160. The summed E-state index contributed by atoms with van der Waals surface area (Å²) in [5.74, 6) is 0.0142. The molecule has 4 heterocycles. The number of H-pyrrole nitrogens is 1. The number of aryl methyl sites for hydroxylation is 1. The highest BCUT2D eigenvalue weighted by molar-refractivity contribution is 7.03. The van der Waals surface area contributed by atoms with Crippen LogP contribution in [-0.4, -0.2) is 54.8 Å². The minimum atomic E-state index is -0.179. The molecule has 0 radical (unpaired) electrons. The Hall–Kier alpha value is -3.01. The number of rotatable bonds is 6. The van der Waals surface area contributed by atoms with Crippen LogP contribution in [0.25, 0.3) is 5.65 Å². The highest BCUT2D eigenvalue weighted by Gasteiger charge is 2.30. The Morgan fingerprint density at radius 1 is 1.39 bits per heavy atom. The summed E-state index contributed by atoms with van der Waals surface area (Å²) in [6, 6.07) is 1.95. The van der Waals surface area contributed by atoms with Crippen molar-refractivity contribution in [1.82, 2.24) is 29.2 Å². The maximum atomic E-state index is 13.0. The van der Waals surface area contributed by atoms with Crippen LogP contribution in [0.5, 0.6) is 0 Å². The van der Waals surface area contributed by atoms with Crippen LogP contribution < -0.4 is 10.9 Å². The smallest absolute Gasteiger partial charge is 0.276 e. The van der Waals surface area contributed by atoms with Crippen LogP contribution in [0.2, 0.25) is 0 Å². The molecule has 0 spiro atoms. The predicted octanol–water partition coefficient (Wildman–Crippen LogP) is 1.87. The van der Waals surface area contributed by atoms with Crippen LogP contribution in [0.3, 0.4) is 0 Å². The van der Waals surface area contributed by atoms with Gasteiger partial charge in [0.25, 0.3) is 11.5 Å². The summed E-state index contributed by atoms with van der Waals surface area (Å²) in [5.41, 5.74) is 3.06. The second-order valence-electron chi connectivity index (χ2n) is 8.26. The number of nitrogens with one attached hydrogen (secondary N) is 2. The summed E-state index contributed by atoms with van der Waals surface area (Å²) in [4.78, 5) is 44.0. The summed E-state index contributed by atoms with van der Waals surface area (Å²) in [5, 5.41) is 7.78. The lowest BCUT2D eigenvalue weighted by Crippen LogP contribution is -2.31. The molecule has 9 nitrogen and oxygen atoms in total. The standard InChI is InChI=1S/C21H26N6O3S/c1-12(2)23-19(28)5-4-16-13(3)24-18-8-17(25-27(18)21(16)30)14-6-7-26(10-14)20(29)15-9-22-31-11-15/h8-9,11-12,14,25H,4-7,10H2,1-3H3,(H,23,28)/t14-/m0/s1. The summed E-state index contributed by atoms with van der Waals surface area (Å²) in [6.45, 7) is 6.85. The number of aromatic nitrogens is 4. The fraction of sp³-hybridized carbons (Fsp3) is 0.476. The van der Waals surface area contributed by atoms with Crippen molar-refractivity contribution in [2.75, 3.05) is 13.1 Å². The zero-order valence-corrected chi connectivity index (χ0v) is 18.7. The van der Waals surface area contributed by atoms with Gasteiger partial charge in [-0.1, -0.05) is 0 Å². The lowest BCUT2D eigenvalue weighted by molar-refractivity contribution is -0.121. The molecule has 0 aliphatic carbocycles. The minimum Gasteiger partial charge on any atom is -0.354 e. The van der Waals surface area contributed by atoms with Gasteiger partial charge in [0.15, 0.2) is 5.65 Å². The average molecular weight is 443 g/mol. The third-order valence-electron chi connectivity index (χ3n) is 5.58. The van der Waals surface area contributed by atoms with E-state index in [-0.39, 0.29) is 35.8 Å². The SMILES string of the molecule is Cc1nc2cc([C@H]3CCN(C(=O)c4cnsc4)C3)[nH]n2c(=O)c1CCC(=O)NC(C)C. The molecule has 10 heteroatoms. The first-order valence-electron chi connectivity index (χ1n) is 10.4. The third-order valence-corrected chi connectivity index (χ3v) is 6.17. The van der Waals surface area contributed by atoms with E-state index in [1.54, 1.807) is 18.5 Å². The normalized spacial score (nSPS) is 16.4. The fourth-order valence-corrected chi connectivity index (χ4v) is 4.52. The monoisotopic (exact) mass is 442 g/mol. The van der Waals surface area contributed by atoms with Crippen molar-refractivity contribution in [2.24, 2.45) is 0 Å². The van der Waals surface area contributed by atoms with Crippen LogP contribution in [0, 0.1) is 6.92 Å². The Kier molecular flexibility index (Phi) is 5.90. The molecule has 1 fully saturated rings. The van der Waals surface area contributed by atoms with Crippen molar-refractivity contribution in [3.8, 4) is 0 Å².